The molecule has 2 rings (SSSR count). The average molecular weight is 239 g/mol. The highest BCUT2D eigenvalue weighted by Gasteiger charge is 2.48. The summed E-state index contributed by atoms with van der Waals surface area (Å²) < 4.78 is 6.82. The van der Waals surface area contributed by atoms with Crippen LogP contribution in [0, 0.1) is 0 Å². The molecule has 2 saturated heterocycles. The summed E-state index contributed by atoms with van der Waals surface area (Å²) in [6.45, 7) is 0. The van der Waals surface area contributed by atoms with Gasteiger partial charge in [0, 0.05) is 6.42 Å². The number of piperidine rings is 1. The number of carbonyl (C=O) groups excluding carboxylic acids is 1. The van der Waals surface area contributed by atoms with Crippen LogP contribution in [-0.4, -0.2) is 21.4 Å². The minimum atomic E-state index is 0.117. The minimum Gasteiger partial charge on any atom is -0.347 e. The molecule has 2 aliphatic heterocycles. The fourth-order valence-electron chi connectivity index (χ4n) is 1.06. The number of amides is 1. The molecular formula is C5H6INO2. The maximum absolute atomic E-state index is 10.9. The van der Waals surface area contributed by atoms with Crippen LogP contribution in [0.4, 0.5) is 0 Å². The highest BCUT2D eigenvalue weighted by molar-refractivity contribution is 14.1. The summed E-state index contributed by atoms with van der Waals surface area (Å²) in [5, 5.41) is 0. The first-order valence-corrected chi connectivity index (χ1v) is 3.89. The van der Waals surface area contributed by atoms with Crippen LogP contribution in [0.2, 0.25) is 0 Å². The smallest absolute Gasteiger partial charge is 0.233 e. The quantitative estimate of drug-likeness (QED) is 0.354. The van der Waals surface area contributed by atoms with E-state index in [0.717, 1.165) is 6.42 Å². The van der Waals surface area contributed by atoms with E-state index in [1.54, 1.807) is 3.11 Å². The third-order valence-electron chi connectivity index (χ3n) is 1.66. The van der Waals surface area contributed by atoms with Crippen molar-refractivity contribution < 1.29 is 9.53 Å². The van der Waals surface area contributed by atoms with Crippen molar-refractivity contribution in [3.63, 3.8) is 0 Å². The number of halogens is 1. The van der Waals surface area contributed by atoms with Gasteiger partial charge in [-0.1, -0.05) is 0 Å². The number of carbonyl (C=O) groups is 1. The van der Waals surface area contributed by atoms with Crippen molar-refractivity contribution in [2.24, 2.45) is 0 Å². The predicted molar refractivity (Wildman–Crippen MR) is 38.8 cm³/mol. The highest BCUT2D eigenvalue weighted by Crippen LogP contribution is 2.36. The van der Waals surface area contributed by atoms with Gasteiger partial charge in [0.2, 0.25) is 5.91 Å². The van der Waals surface area contributed by atoms with Crippen LogP contribution in [0.25, 0.3) is 0 Å². The van der Waals surface area contributed by atoms with Gasteiger partial charge in [0.25, 0.3) is 0 Å². The molecule has 0 radical (unpaired) electrons. The van der Waals surface area contributed by atoms with E-state index in [4.69, 9.17) is 4.74 Å². The zero-order chi connectivity index (χ0) is 6.43. The Hall–Kier alpha value is 0.160. The lowest BCUT2D eigenvalue weighted by Gasteiger charge is -2.14. The van der Waals surface area contributed by atoms with E-state index in [2.05, 4.69) is 0 Å². The molecule has 1 amide bonds. The lowest BCUT2D eigenvalue weighted by atomic mass is 10.2. The van der Waals surface area contributed by atoms with Crippen molar-refractivity contribution in [3.8, 4) is 0 Å². The molecule has 0 bridgehead atoms. The highest BCUT2D eigenvalue weighted by atomic mass is 127. The zero-order valence-corrected chi connectivity index (χ0v) is 6.87. The van der Waals surface area contributed by atoms with Crippen molar-refractivity contribution in [3.05, 3.63) is 0 Å². The molecule has 9 heavy (non-hydrogen) atoms. The molecule has 4 heteroatoms. The Bertz CT molecular complexity index is 161. The molecule has 0 aliphatic carbocycles. The van der Waals surface area contributed by atoms with Gasteiger partial charge < -0.3 is 4.74 Å². The van der Waals surface area contributed by atoms with Crippen molar-refractivity contribution in [1.29, 1.82) is 0 Å². The molecule has 2 aliphatic rings. The molecule has 50 valence electrons. The minimum absolute atomic E-state index is 0.117. The second-order valence-electron chi connectivity index (χ2n) is 2.31. The van der Waals surface area contributed by atoms with Gasteiger partial charge in [0.15, 0.2) is 6.23 Å². The fraction of sp³-hybridized carbons (Fsp3) is 0.800. The van der Waals surface area contributed by atoms with Crippen LogP contribution in [0.1, 0.15) is 12.8 Å². The van der Waals surface area contributed by atoms with Gasteiger partial charge in [-0.3, -0.25) is 7.91 Å². The van der Waals surface area contributed by atoms with E-state index in [1.165, 1.54) is 0 Å². The number of fused-ring (bicyclic) bond motifs is 1. The van der Waals surface area contributed by atoms with Gasteiger partial charge in [0.05, 0.1) is 22.9 Å². The molecule has 3 nitrogen and oxygen atoms in total. The molecular weight excluding hydrogens is 233 g/mol. The SMILES string of the molecule is O=C1CCC2OC2N1I. The number of epoxide rings is 1. The summed E-state index contributed by atoms with van der Waals surface area (Å²) in [7, 11) is 0. The van der Waals surface area contributed by atoms with E-state index >= 15 is 0 Å². The normalized spacial score (nSPS) is 40.6. The molecule has 0 aromatic carbocycles. The molecule has 2 unspecified atom stereocenters. The Balaban J connectivity index is 2.10. The number of hydrogen-bond acceptors (Lipinski definition) is 2. The van der Waals surface area contributed by atoms with Gasteiger partial charge >= 0.3 is 0 Å². The van der Waals surface area contributed by atoms with Crippen molar-refractivity contribution >= 4 is 28.8 Å². The first-order chi connectivity index (χ1) is 4.29. The summed E-state index contributed by atoms with van der Waals surface area (Å²) in [6.07, 6.45) is 2.05. The standard InChI is InChI=1S/C5H6INO2/c6-7-4(8)2-1-3-5(7)9-3/h3,5H,1-2H2. The zero-order valence-electron chi connectivity index (χ0n) is 4.71. The first-order valence-electron chi connectivity index (χ1n) is 2.92. The van der Waals surface area contributed by atoms with Crippen molar-refractivity contribution in [1.82, 2.24) is 3.11 Å². The average Bonchev–Trinajstić information content (AvgIpc) is 2.58. The second kappa shape index (κ2) is 1.82. The molecule has 2 atom stereocenters. The Labute approximate surface area is 66.8 Å². The summed E-state index contributed by atoms with van der Waals surface area (Å²) in [5.41, 5.74) is 0. The number of rotatable bonds is 0. The van der Waals surface area contributed by atoms with Crippen LogP contribution in [0.5, 0.6) is 0 Å². The summed E-state index contributed by atoms with van der Waals surface area (Å²) in [5.74, 6) is 0.203. The maximum atomic E-state index is 10.9. The maximum Gasteiger partial charge on any atom is 0.233 e. The molecule has 0 spiro atoms. The van der Waals surface area contributed by atoms with Gasteiger partial charge in [0.1, 0.15) is 6.10 Å². The monoisotopic (exact) mass is 239 g/mol. The Morgan fingerprint density at radius 1 is 1.78 bits per heavy atom. The lowest BCUT2D eigenvalue weighted by molar-refractivity contribution is -0.126. The van der Waals surface area contributed by atoms with Crippen LogP contribution >= 0.6 is 22.9 Å². The third kappa shape index (κ3) is 0.843. The van der Waals surface area contributed by atoms with Gasteiger partial charge in [-0.2, -0.15) is 0 Å². The molecule has 0 aromatic heterocycles. The largest absolute Gasteiger partial charge is 0.347 e. The van der Waals surface area contributed by atoms with Crippen molar-refractivity contribution in [2.75, 3.05) is 0 Å². The predicted octanol–water partition coefficient (Wildman–Crippen LogP) is 0.684. The first kappa shape index (κ1) is 5.91. The molecule has 2 heterocycles. The Morgan fingerprint density at radius 2 is 2.56 bits per heavy atom. The van der Waals surface area contributed by atoms with Gasteiger partial charge in [-0.15, -0.1) is 0 Å². The van der Waals surface area contributed by atoms with Crippen LogP contribution in [0.15, 0.2) is 0 Å². The van der Waals surface area contributed by atoms with Crippen LogP contribution < -0.4 is 0 Å². The van der Waals surface area contributed by atoms with E-state index < -0.39 is 0 Å². The van der Waals surface area contributed by atoms with E-state index in [1.807, 2.05) is 22.9 Å². The van der Waals surface area contributed by atoms with Gasteiger partial charge in [-0.05, 0) is 6.42 Å². The number of nitrogens with zero attached hydrogens (tertiary/aromatic N) is 1. The lowest BCUT2D eigenvalue weighted by Crippen LogP contribution is -2.29. The van der Waals surface area contributed by atoms with Gasteiger partial charge in [-0.25, -0.2) is 0 Å². The van der Waals surface area contributed by atoms with Crippen LogP contribution in [0.3, 0.4) is 0 Å². The molecule has 0 saturated carbocycles. The summed E-state index contributed by atoms with van der Waals surface area (Å²) in [4.78, 5) is 10.9. The van der Waals surface area contributed by atoms with E-state index in [9.17, 15) is 4.79 Å². The van der Waals surface area contributed by atoms with E-state index in [0.29, 0.717) is 12.5 Å². The topological polar surface area (TPSA) is 32.8 Å². The number of hydrogen-bond donors (Lipinski definition) is 0. The number of ether oxygens (including phenoxy) is 1. The summed E-state index contributed by atoms with van der Waals surface area (Å²) >= 11 is 2.01. The van der Waals surface area contributed by atoms with Crippen molar-refractivity contribution in [2.45, 2.75) is 25.2 Å². The summed E-state index contributed by atoms with van der Waals surface area (Å²) in [6, 6.07) is 0. The van der Waals surface area contributed by atoms with E-state index in [-0.39, 0.29) is 12.1 Å². The third-order valence-corrected chi connectivity index (χ3v) is 2.75. The molecule has 0 N–H and O–H groups in total. The fourth-order valence-corrected chi connectivity index (χ4v) is 1.79. The molecule has 2 fully saturated rings. The Morgan fingerprint density at radius 3 is 3.22 bits per heavy atom. The second-order valence-corrected chi connectivity index (χ2v) is 3.35. The molecule has 0 aromatic rings. The van der Waals surface area contributed by atoms with Crippen LogP contribution in [-0.2, 0) is 9.53 Å². The Kier molecular flexibility index (Phi) is 1.19.